The van der Waals surface area contributed by atoms with Gasteiger partial charge in [0.15, 0.2) is 5.78 Å². The Labute approximate surface area is 179 Å². The van der Waals surface area contributed by atoms with Gasteiger partial charge in [0.05, 0.1) is 11.0 Å². The Hall–Kier alpha value is -0.520. The van der Waals surface area contributed by atoms with Crippen molar-refractivity contribution < 1.29 is 19.1 Å². The lowest BCUT2D eigenvalue weighted by atomic mass is 9.85. The molecule has 1 aliphatic carbocycles. The van der Waals surface area contributed by atoms with E-state index in [9.17, 15) is 19.1 Å². The molecule has 166 valence electrons. The maximum absolute atomic E-state index is 12.5. The summed E-state index contributed by atoms with van der Waals surface area (Å²) in [6.45, 7) is 3.88. The largest absolute Gasteiger partial charge is 0.327 e. The minimum absolute atomic E-state index is 0.0596. The van der Waals surface area contributed by atoms with Crippen LogP contribution < -0.4 is 5.73 Å². The fourth-order valence-corrected chi connectivity index (χ4v) is 6.73. The molecular formula is C22H38NO4PS. The van der Waals surface area contributed by atoms with Crippen molar-refractivity contribution in [1.82, 2.24) is 0 Å². The zero-order chi connectivity index (χ0) is 21.5. The fourth-order valence-electron chi connectivity index (χ4n) is 4.53. The highest BCUT2D eigenvalue weighted by atomic mass is 32.1. The number of unbranched alkanes of at least 4 members (excludes halogenated alkanes) is 1. The summed E-state index contributed by atoms with van der Waals surface area (Å²) in [5.74, 6) is 1.14. The first-order valence-electron chi connectivity index (χ1n) is 11.1. The van der Waals surface area contributed by atoms with E-state index in [1.807, 2.05) is 26.0 Å². The summed E-state index contributed by atoms with van der Waals surface area (Å²) < 4.78 is 11.4. The predicted molar refractivity (Wildman–Crippen MR) is 121 cm³/mol. The summed E-state index contributed by atoms with van der Waals surface area (Å²) in [4.78, 5) is 33.0. The van der Waals surface area contributed by atoms with Crippen LogP contribution in [0.2, 0.25) is 0 Å². The molecule has 1 heterocycles. The summed E-state index contributed by atoms with van der Waals surface area (Å²) in [7, 11) is -4.16. The standard InChI is InChI=1S/C22H38NO4PS/c1-3-22(23,16-28(25,26)27)15-17(2)20-13-14-21(29-20)19(24)12-8-7-11-18-9-5-4-6-10-18/h13-14,17-18H,3-12,15-16,23H2,1-2H3,(H2,25,26,27). The van der Waals surface area contributed by atoms with E-state index in [0.29, 0.717) is 19.3 Å². The molecule has 1 aliphatic rings. The highest BCUT2D eigenvalue weighted by Crippen LogP contribution is 2.42. The van der Waals surface area contributed by atoms with Crippen molar-refractivity contribution in [3.05, 3.63) is 21.9 Å². The third kappa shape index (κ3) is 8.63. The topological polar surface area (TPSA) is 101 Å². The zero-order valence-electron chi connectivity index (χ0n) is 17.9. The minimum atomic E-state index is -4.16. The van der Waals surface area contributed by atoms with E-state index in [-0.39, 0.29) is 17.9 Å². The lowest BCUT2D eigenvalue weighted by Crippen LogP contribution is -2.43. The average molecular weight is 444 g/mol. The Bertz CT molecular complexity index is 695. The van der Waals surface area contributed by atoms with Crippen LogP contribution in [0.15, 0.2) is 12.1 Å². The molecule has 1 saturated carbocycles. The Balaban J connectivity index is 1.81. The van der Waals surface area contributed by atoms with E-state index in [1.54, 1.807) is 0 Å². The molecule has 4 N–H and O–H groups in total. The number of carbonyl (C=O) groups excluding carboxylic acids is 1. The predicted octanol–water partition coefficient (Wildman–Crippen LogP) is 5.85. The molecule has 0 saturated heterocycles. The van der Waals surface area contributed by atoms with Crippen molar-refractivity contribution >= 4 is 24.7 Å². The van der Waals surface area contributed by atoms with Gasteiger partial charge in [0, 0.05) is 16.8 Å². The van der Waals surface area contributed by atoms with E-state index < -0.39 is 13.1 Å². The number of Topliss-reactive ketones (excluding diaryl/α,β-unsaturated/α-hetero) is 1. The van der Waals surface area contributed by atoms with Gasteiger partial charge in [0.2, 0.25) is 0 Å². The molecule has 1 fully saturated rings. The van der Waals surface area contributed by atoms with Gasteiger partial charge in [-0.15, -0.1) is 11.3 Å². The lowest BCUT2D eigenvalue weighted by molar-refractivity contribution is 0.0982. The number of thiophene rings is 1. The Morgan fingerprint density at radius 2 is 1.97 bits per heavy atom. The van der Waals surface area contributed by atoms with Gasteiger partial charge in [-0.25, -0.2) is 0 Å². The molecular weight excluding hydrogens is 405 g/mol. The van der Waals surface area contributed by atoms with Crippen molar-refractivity contribution in [2.24, 2.45) is 11.7 Å². The second kappa shape index (κ2) is 11.2. The molecule has 7 heteroatoms. The molecule has 0 bridgehead atoms. The smallest absolute Gasteiger partial charge is 0.325 e. The van der Waals surface area contributed by atoms with Crippen molar-refractivity contribution in [1.29, 1.82) is 0 Å². The van der Waals surface area contributed by atoms with Crippen molar-refractivity contribution in [3.63, 3.8) is 0 Å². The molecule has 0 aromatic carbocycles. The van der Waals surface area contributed by atoms with E-state index in [1.165, 1.54) is 49.9 Å². The molecule has 0 amide bonds. The molecule has 29 heavy (non-hydrogen) atoms. The molecule has 1 aromatic heterocycles. The number of rotatable bonds is 12. The van der Waals surface area contributed by atoms with Crippen LogP contribution in [0, 0.1) is 5.92 Å². The van der Waals surface area contributed by atoms with Crippen LogP contribution in [0.1, 0.15) is 105 Å². The van der Waals surface area contributed by atoms with Crippen LogP contribution >= 0.6 is 18.9 Å². The summed E-state index contributed by atoms with van der Waals surface area (Å²) in [6, 6.07) is 3.87. The monoisotopic (exact) mass is 443 g/mol. The Morgan fingerprint density at radius 1 is 1.28 bits per heavy atom. The fraction of sp³-hybridized carbons (Fsp3) is 0.773. The zero-order valence-corrected chi connectivity index (χ0v) is 19.6. The molecule has 2 unspecified atom stereocenters. The third-order valence-electron chi connectivity index (χ3n) is 6.32. The summed E-state index contributed by atoms with van der Waals surface area (Å²) in [6.07, 6.45) is 11.5. The molecule has 2 atom stereocenters. The van der Waals surface area contributed by atoms with Gasteiger partial charge in [-0.05, 0) is 43.2 Å². The van der Waals surface area contributed by atoms with Crippen LogP contribution in [0.3, 0.4) is 0 Å². The molecule has 0 radical (unpaired) electrons. The number of carbonyl (C=O) groups is 1. The maximum Gasteiger partial charge on any atom is 0.327 e. The number of nitrogens with two attached hydrogens (primary N) is 1. The average Bonchev–Trinajstić information content (AvgIpc) is 3.15. The van der Waals surface area contributed by atoms with Crippen LogP contribution in [0.25, 0.3) is 0 Å². The quantitative estimate of drug-likeness (QED) is 0.214. The minimum Gasteiger partial charge on any atom is -0.325 e. The van der Waals surface area contributed by atoms with Crippen LogP contribution in [0.4, 0.5) is 0 Å². The van der Waals surface area contributed by atoms with E-state index >= 15 is 0 Å². The summed E-state index contributed by atoms with van der Waals surface area (Å²) >= 11 is 1.51. The van der Waals surface area contributed by atoms with Crippen LogP contribution in [-0.2, 0) is 4.57 Å². The van der Waals surface area contributed by atoms with Gasteiger partial charge in [-0.2, -0.15) is 0 Å². The number of hydrogen-bond donors (Lipinski definition) is 3. The first-order chi connectivity index (χ1) is 13.6. The molecule has 0 spiro atoms. The highest BCUT2D eigenvalue weighted by Gasteiger charge is 2.33. The number of hydrogen-bond acceptors (Lipinski definition) is 4. The van der Waals surface area contributed by atoms with Gasteiger partial charge in [0.25, 0.3) is 0 Å². The second-order valence-electron chi connectivity index (χ2n) is 9.02. The van der Waals surface area contributed by atoms with Crippen LogP contribution in [0.5, 0.6) is 0 Å². The van der Waals surface area contributed by atoms with Gasteiger partial charge in [0.1, 0.15) is 0 Å². The maximum atomic E-state index is 12.5. The summed E-state index contributed by atoms with van der Waals surface area (Å²) in [5.41, 5.74) is 5.38. The van der Waals surface area contributed by atoms with E-state index in [4.69, 9.17) is 5.73 Å². The van der Waals surface area contributed by atoms with Crippen molar-refractivity contribution in [2.45, 2.75) is 95.9 Å². The summed E-state index contributed by atoms with van der Waals surface area (Å²) in [5, 5.41) is 0. The highest BCUT2D eigenvalue weighted by molar-refractivity contribution is 7.51. The molecule has 5 nitrogen and oxygen atoms in total. The molecule has 2 rings (SSSR count). The van der Waals surface area contributed by atoms with Gasteiger partial charge < -0.3 is 15.5 Å². The van der Waals surface area contributed by atoms with E-state index in [2.05, 4.69) is 0 Å². The lowest BCUT2D eigenvalue weighted by Gasteiger charge is -2.31. The molecule has 0 aliphatic heterocycles. The molecule has 1 aromatic rings. The van der Waals surface area contributed by atoms with Gasteiger partial charge in [-0.1, -0.05) is 58.8 Å². The Kier molecular flexibility index (Phi) is 9.56. The van der Waals surface area contributed by atoms with Gasteiger partial charge >= 0.3 is 7.60 Å². The SMILES string of the molecule is CCC(N)(CC(C)c1ccc(C(=O)CCCCC2CCCCC2)s1)CP(=O)(O)O. The number of ketones is 1. The normalized spacial score (nSPS) is 19.1. The van der Waals surface area contributed by atoms with E-state index in [0.717, 1.165) is 28.5 Å². The van der Waals surface area contributed by atoms with Crippen LogP contribution in [-0.4, -0.2) is 27.3 Å². The van der Waals surface area contributed by atoms with Gasteiger partial charge in [-0.3, -0.25) is 9.36 Å². The Morgan fingerprint density at radius 3 is 2.59 bits per heavy atom. The second-order valence-corrected chi connectivity index (χ2v) is 11.8. The van der Waals surface area contributed by atoms with Crippen molar-refractivity contribution in [3.8, 4) is 0 Å². The van der Waals surface area contributed by atoms with Crippen molar-refractivity contribution in [2.75, 3.05) is 6.16 Å². The third-order valence-corrected chi connectivity index (χ3v) is 8.72. The first kappa shape index (κ1) is 24.7. The first-order valence-corrected chi connectivity index (χ1v) is 13.7.